The van der Waals surface area contributed by atoms with Crippen LogP contribution in [0.15, 0.2) is 46.3 Å². The summed E-state index contributed by atoms with van der Waals surface area (Å²) in [4.78, 5) is 6.42. The van der Waals surface area contributed by atoms with Gasteiger partial charge >= 0.3 is 0 Å². The largest absolute Gasteiger partial charge is 0.216 e. The molecular weight excluding hydrogens is 380 g/mol. The van der Waals surface area contributed by atoms with Crippen LogP contribution in [0.5, 0.6) is 0 Å². The summed E-state index contributed by atoms with van der Waals surface area (Å²) in [5.41, 5.74) is 2.05. The molecule has 0 atom stereocenters. The maximum atomic E-state index is 9.51. The van der Waals surface area contributed by atoms with E-state index < -0.39 is 0 Å². The van der Waals surface area contributed by atoms with Gasteiger partial charge in [0.15, 0.2) is 10.7 Å². The minimum atomic E-state index is 0.469. The molecule has 0 aliphatic heterocycles. The highest BCUT2D eigenvalue weighted by molar-refractivity contribution is 9.10. The van der Waals surface area contributed by atoms with Crippen LogP contribution >= 0.6 is 38.6 Å². The molecule has 1 aromatic carbocycles. The number of fused-ring (bicyclic) bond motifs is 1. The molecule has 106 valence electrons. The lowest BCUT2D eigenvalue weighted by Crippen LogP contribution is -1.90. The van der Waals surface area contributed by atoms with E-state index in [2.05, 4.69) is 32.1 Å². The molecular formula is C15H7BrN4S2. The van der Waals surface area contributed by atoms with E-state index in [-0.39, 0.29) is 0 Å². The van der Waals surface area contributed by atoms with E-state index >= 15 is 0 Å². The first-order valence-corrected chi connectivity index (χ1v) is 8.84. The van der Waals surface area contributed by atoms with Crippen molar-refractivity contribution in [1.29, 1.82) is 5.26 Å². The second-order valence-corrected chi connectivity index (χ2v) is 7.33. The monoisotopic (exact) mass is 386 g/mol. The number of imidazole rings is 1. The first-order valence-electron chi connectivity index (χ1n) is 6.36. The Labute approximate surface area is 142 Å². The number of nitrogens with zero attached hydrogens (tertiary/aromatic N) is 4. The molecule has 0 aliphatic rings. The highest BCUT2D eigenvalue weighted by Gasteiger charge is 2.18. The summed E-state index contributed by atoms with van der Waals surface area (Å²) in [7, 11) is 0. The molecule has 4 rings (SSSR count). The number of thiophene rings is 1. The van der Waals surface area contributed by atoms with Crippen LogP contribution in [0, 0.1) is 11.3 Å². The summed E-state index contributed by atoms with van der Waals surface area (Å²) in [6.07, 6.45) is 0. The van der Waals surface area contributed by atoms with Crippen molar-refractivity contribution < 1.29 is 0 Å². The van der Waals surface area contributed by atoms with Crippen molar-refractivity contribution in [1.82, 2.24) is 14.6 Å². The van der Waals surface area contributed by atoms with Crippen molar-refractivity contribution in [2.24, 2.45) is 0 Å². The van der Waals surface area contributed by atoms with Crippen LogP contribution < -0.4 is 0 Å². The van der Waals surface area contributed by atoms with Crippen molar-refractivity contribution in [3.05, 3.63) is 51.9 Å². The highest BCUT2D eigenvalue weighted by atomic mass is 79.9. The lowest BCUT2D eigenvalue weighted by Gasteiger charge is -1.97. The number of aromatic nitrogens is 3. The van der Waals surface area contributed by atoms with Crippen LogP contribution in [0.2, 0.25) is 0 Å². The molecule has 0 saturated carbocycles. The Morgan fingerprint density at radius 1 is 1.18 bits per heavy atom. The minimum Gasteiger partial charge on any atom is -0.216 e. The van der Waals surface area contributed by atoms with Crippen molar-refractivity contribution >= 4 is 43.6 Å². The number of benzene rings is 1. The molecule has 3 aromatic heterocycles. The topological polar surface area (TPSA) is 54.0 Å². The summed E-state index contributed by atoms with van der Waals surface area (Å²) >= 11 is 6.54. The van der Waals surface area contributed by atoms with Crippen LogP contribution in [0.25, 0.3) is 26.1 Å². The van der Waals surface area contributed by atoms with Gasteiger partial charge in [-0.15, -0.1) is 11.3 Å². The van der Waals surface area contributed by atoms with E-state index in [4.69, 9.17) is 0 Å². The van der Waals surface area contributed by atoms with Crippen LogP contribution in [0.3, 0.4) is 0 Å². The molecule has 0 unspecified atom stereocenters. The number of hydrogen-bond donors (Lipinski definition) is 0. The average molecular weight is 387 g/mol. The first-order chi connectivity index (χ1) is 10.8. The summed E-state index contributed by atoms with van der Waals surface area (Å²) < 4.78 is 2.63. The van der Waals surface area contributed by atoms with Gasteiger partial charge in [0.1, 0.15) is 11.8 Å². The van der Waals surface area contributed by atoms with Crippen LogP contribution in [0.1, 0.15) is 5.69 Å². The molecule has 0 spiro atoms. The van der Waals surface area contributed by atoms with Gasteiger partial charge < -0.3 is 0 Å². The Morgan fingerprint density at radius 2 is 2.00 bits per heavy atom. The fourth-order valence-electron chi connectivity index (χ4n) is 2.16. The second-order valence-electron chi connectivity index (χ2n) is 4.51. The molecule has 0 amide bonds. The van der Waals surface area contributed by atoms with Crippen molar-refractivity contribution in [3.8, 4) is 27.2 Å². The van der Waals surface area contributed by atoms with Crippen LogP contribution in [-0.2, 0) is 0 Å². The Morgan fingerprint density at radius 3 is 2.68 bits per heavy atom. The van der Waals surface area contributed by atoms with Crippen LogP contribution in [-0.4, -0.2) is 14.6 Å². The van der Waals surface area contributed by atoms with Gasteiger partial charge in [0, 0.05) is 10.0 Å². The highest BCUT2D eigenvalue weighted by Crippen LogP contribution is 2.32. The van der Waals surface area contributed by atoms with E-state index in [1.807, 2.05) is 41.8 Å². The normalized spacial score (nSPS) is 10.9. The number of rotatable bonds is 2. The van der Waals surface area contributed by atoms with Crippen LogP contribution in [0.4, 0.5) is 0 Å². The summed E-state index contributed by atoms with van der Waals surface area (Å²) in [5, 5.41) is 16.9. The summed E-state index contributed by atoms with van der Waals surface area (Å²) in [5.74, 6) is 0. The predicted molar refractivity (Wildman–Crippen MR) is 92.0 cm³/mol. The molecule has 0 saturated heterocycles. The van der Waals surface area contributed by atoms with E-state index in [9.17, 15) is 5.26 Å². The third-order valence-electron chi connectivity index (χ3n) is 3.16. The van der Waals surface area contributed by atoms with Gasteiger partial charge in [0.25, 0.3) is 0 Å². The SMILES string of the molecule is N#Cc1c(-c2ccc(Br)cc2)nc2sc(-c3cccs3)nn12. The van der Waals surface area contributed by atoms with Crippen molar-refractivity contribution in [3.63, 3.8) is 0 Å². The molecule has 4 aromatic rings. The minimum absolute atomic E-state index is 0.469. The van der Waals surface area contributed by atoms with Crippen molar-refractivity contribution in [2.75, 3.05) is 0 Å². The third-order valence-corrected chi connectivity index (χ3v) is 5.64. The maximum absolute atomic E-state index is 9.51. The second kappa shape index (κ2) is 5.32. The third kappa shape index (κ3) is 2.16. The van der Waals surface area contributed by atoms with E-state index in [1.54, 1.807) is 15.9 Å². The standard InChI is InChI=1S/C15H7BrN4S2/c16-10-5-3-9(4-6-10)13-11(8-17)20-15(18-13)22-14(19-20)12-2-1-7-21-12/h1-7H. The number of hydrogen-bond acceptors (Lipinski definition) is 5. The molecule has 3 heterocycles. The van der Waals surface area contributed by atoms with Gasteiger partial charge in [-0.1, -0.05) is 45.5 Å². The molecule has 0 N–H and O–H groups in total. The van der Waals surface area contributed by atoms with Gasteiger partial charge in [-0.05, 0) is 23.6 Å². The van der Waals surface area contributed by atoms with E-state index in [0.717, 1.165) is 24.9 Å². The fraction of sp³-hybridized carbons (Fsp3) is 0. The zero-order chi connectivity index (χ0) is 15.1. The average Bonchev–Trinajstić information content (AvgIpc) is 3.22. The summed E-state index contributed by atoms with van der Waals surface area (Å²) in [6, 6.07) is 14.0. The number of nitriles is 1. The van der Waals surface area contributed by atoms with Crippen molar-refractivity contribution in [2.45, 2.75) is 0 Å². The first kappa shape index (κ1) is 13.6. The lowest BCUT2D eigenvalue weighted by molar-refractivity contribution is 0.962. The zero-order valence-electron chi connectivity index (χ0n) is 11.0. The molecule has 0 bridgehead atoms. The molecule has 0 fully saturated rings. The molecule has 7 heteroatoms. The van der Waals surface area contributed by atoms with E-state index in [0.29, 0.717) is 11.4 Å². The Hall–Kier alpha value is -2.01. The maximum Gasteiger partial charge on any atom is 0.214 e. The quantitative estimate of drug-likeness (QED) is 0.496. The zero-order valence-corrected chi connectivity index (χ0v) is 14.2. The number of halogens is 1. The van der Waals surface area contributed by atoms with Gasteiger partial charge in [-0.25, -0.2) is 4.98 Å². The van der Waals surface area contributed by atoms with Gasteiger partial charge in [-0.2, -0.15) is 14.9 Å². The molecule has 0 radical (unpaired) electrons. The smallest absolute Gasteiger partial charge is 0.214 e. The molecule has 0 aliphatic carbocycles. The molecule has 4 nitrogen and oxygen atoms in total. The Kier molecular flexibility index (Phi) is 3.30. The van der Waals surface area contributed by atoms with Gasteiger partial charge in [-0.3, -0.25) is 0 Å². The Balaban J connectivity index is 1.89. The van der Waals surface area contributed by atoms with Gasteiger partial charge in [0.2, 0.25) is 4.96 Å². The summed E-state index contributed by atoms with van der Waals surface area (Å²) in [6.45, 7) is 0. The predicted octanol–water partition coefficient (Wildman–Crippen LogP) is 4.82. The van der Waals surface area contributed by atoms with E-state index in [1.165, 1.54) is 11.3 Å². The van der Waals surface area contributed by atoms with Gasteiger partial charge in [0.05, 0.1) is 4.88 Å². The lowest BCUT2D eigenvalue weighted by atomic mass is 10.1. The fourth-order valence-corrected chi connectivity index (χ4v) is 4.11. The Bertz CT molecular complexity index is 991. The molecule has 22 heavy (non-hydrogen) atoms.